The van der Waals surface area contributed by atoms with Gasteiger partial charge in [0.2, 0.25) is 11.8 Å². The summed E-state index contributed by atoms with van der Waals surface area (Å²) in [5.74, 6) is 0.663. The molecule has 1 fully saturated rings. The summed E-state index contributed by atoms with van der Waals surface area (Å²) < 4.78 is 5.54. The molecule has 27 heavy (non-hydrogen) atoms. The molecular formula is C21H24N2O3S. The summed E-state index contributed by atoms with van der Waals surface area (Å²) in [6.07, 6.45) is 7.58. The van der Waals surface area contributed by atoms with Gasteiger partial charge >= 0.3 is 0 Å². The number of anilines is 1. The van der Waals surface area contributed by atoms with Crippen LogP contribution in [0.5, 0.6) is 0 Å². The van der Waals surface area contributed by atoms with Crippen molar-refractivity contribution in [1.29, 1.82) is 0 Å². The van der Waals surface area contributed by atoms with E-state index in [1.54, 1.807) is 22.9 Å². The van der Waals surface area contributed by atoms with Crippen molar-refractivity contribution in [2.75, 3.05) is 11.4 Å². The first-order chi connectivity index (χ1) is 13.2. The summed E-state index contributed by atoms with van der Waals surface area (Å²) in [4.78, 5) is 28.3. The van der Waals surface area contributed by atoms with Gasteiger partial charge in [-0.15, -0.1) is 11.8 Å². The van der Waals surface area contributed by atoms with Gasteiger partial charge in [-0.2, -0.15) is 0 Å². The predicted molar refractivity (Wildman–Crippen MR) is 106 cm³/mol. The Morgan fingerprint density at radius 3 is 2.74 bits per heavy atom. The fraction of sp³-hybridized carbons (Fsp3) is 0.429. The van der Waals surface area contributed by atoms with Crippen LogP contribution in [0.3, 0.4) is 0 Å². The number of hydrogen-bond donors (Lipinski definition) is 1. The first kappa shape index (κ1) is 18.2. The number of fused-ring (bicyclic) bond motifs is 1. The first-order valence-electron chi connectivity index (χ1n) is 9.59. The number of rotatable bonds is 4. The number of para-hydroxylation sites is 1. The van der Waals surface area contributed by atoms with Crippen LogP contribution in [-0.4, -0.2) is 24.4 Å². The van der Waals surface area contributed by atoms with Gasteiger partial charge in [-0.3, -0.25) is 9.59 Å². The van der Waals surface area contributed by atoms with Crippen LogP contribution in [-0.2, 0) is 9.59 Å². The number of furan rings is 1. The van der Waals surface area contributed by atoms with Gasteiger partial charge in [0, 0.05) is 17.4 Å². The van der Waals surface area contributed by atoms with Gasteiger partial charge in [-0.25, -0.2) is 0 Å². The fourth-order valence-electron chi connectivity index (χ4n) is 3.85. The van der Waals surface area contributed by atoms with Crippen molar-refractivity contribution in [2.45, 2.75) is 54.7 Å². The zero-order valence-electron chi connectivity index (χ0n) is 15.2. The topological polar surface area (TPSA) is 62.6 Å². The molecule has 1 aliphatic carbocycles. The number of nitrogens with one attached hydrogen (secondary N) is 1. The zero-order chi connectivity index (χ0) is 18.6. The molecule has 1 N–H and O–H groups in total. The molecule has 0 spiro atoms. The molecule has 0 saturated heterocycles. The van der Waals surface area contributed by atoms with E-state index in [0.29, 0.717) is 6.42 Å². The summed E-state index contributed by atoms with van der Waals surface area (Å²) in [5, 5.41) is 3.04. The molecular weight excluding hydrogens is 360 g/mol. The van der Waals surface area contributed by atoms with E-state index in [0.717, 1.165) is 42.0 Å². The average Bonchev–Trinajstić information content (AvgIpc) is 3.17. The second-order valence-electron chi connectivity index (χ2n) is 7.18. The van der Waals surface area contributed by atoms with Gasteiger partial charge in [0.05, 0.1) is 17.2 Å². The SMILES string of the molecule is O=C(CN1C(=O)C[C@H](c2ccco2)Sc2ccccc21)NC1CCCCC1. The normalized spacial score (nSPS) is 20.8. The Kier molecular flexibility index (Phi) is 5.53. The minimum absolute atomic E-state index is 0.0485. The maximum atomic E-state index is 13.0. The molecule has 5 nitrogen and oxygen atoms in total. The van der Waals surface area contributed by atoms with Crippen molar-refractivity contribution >= 4 is 29.3 Å². The molecule has 2 aliphatic rings. The van der Waals surface area contributed by atoms with Crippen LogP contribution in [0.4, 0.5) is 5.69 Å². The van der Waals surface area contributed by atoms with E-state index in [1.807, 2.05) is 36.4 Å². The van der Waals surface area contributed by atoms with Crippen LogP contribution >= 0.6 is 11.8 Å². The molecule has 0 unspecified atom stereocenters. The third-order valence-electron chi connectivity index (χ3n) is 5.22. The van der Waals surface area contributed by atoms with Crippen LogP contribution in [0, 0.1) is 0 Å². The molecule has 1 aromatic carbocycles. The Labute approximate surface area is 163 Å². The van der Waals surface area contributed by atoms with Crippen molar-refractivity contribution in [3.63, 3.8) is 0 Å². The van der Waals surface area contributed by atoms with Crippen molar-refractivity contribution in [2.24, 2.45) is 0 Å². The molecule has 1 aliphatic heterocycles. The Hall–Kier alpha value is -2.21. The van der Waals surface area contributed by atoms with Crippen molar-refractivity contribution < 1.29 is 14.0 Å². The van der Waals surface area contributed by atoms with Crippen molar-refractivity contribution in [3.05, 3.63) is 48.4 Å². The molecule has 0 bridgehead atoms. The lowest BCUT2D eigenvalue weighted by Gasteiger charge is -2.26. The Bertz CT molecular complexity index is 800. The summed E-state index contributed by atoms with van der Waals surface area (Å²) in [6.45, 7) is 0.0672. The Morgan fingerprint density at radius 2 is 1.96 bits per heavy atom. The maximum absolute atomic E-state index is 13.0. The number of hydrogen-bond acceptors (Lipinski definition) is 4. The minimum Gasteiger partial charge on any atom is -0.468 e. The number of carbonyl (C=O) groups is 2. The third kappa shape index (κ3) is 4.21. The Morgan fingerprint density at radius 1 is 1.15 bits per heavy atom. The van der Waals surface area contributed by atoms with E-state index in [2.05, 4.69) is 5.32 Å². The smallest absolute Gasteiger partial charge is 0.240 e. The van der Waals surface area contributed by atoms with E-state index in [4.69, 9.17) is 4.42 Å². The quantitative estimate of drug-likeness (QED) is 0.854. The largest absolute Gasteiger partial charge is 0.468 e. The maximum Gasteiger partial charge on any atom is 0.240 e. The monoisotopic (exact) mass is 384 g/mol. The molecule has 2 heterocycles. The molecule has 0 radical (unpaired) electrons. The molecule has 6 heteroatoms. The lowest BCUT2D eigenvalue weighted by Crippen LogP contribution is -2.45. The van der Waals surface area contributed by atoms with E-state index in [-0.39, 0.29) is 29.7 Å². The molecule has 2 aromatic rings. The predicted octanol–water partition coefficient (Wildman–Crippen LogP) is 4.30. The van der Waals surface area contributed by atoms with Gasteiger partial charge < -0.3 is 14.6 Å². The highest BCUT2D eigenvalue weighted by Gasteiger charge is 2.31. The molecule has 4 rings (SSSR count). The van der Waals surface area contributed by atoms with Crippen molar-refractivity contribution in [3.8, 4) is 0 Å². The standard InChI is InChI=1S/C21H24N2O3S/c24-20(22-15-7-2-1-3-8-15)14-23-16-9-4-5-11-18(16)27-19(13-21(23)25)17-10-6-12-26-17/h4-6,9-12,15,19H,1-3,7-8,13-14H2,(H,22,24)/t19-/m1/s1. The average molecular weight is 385 g/mol. The van der Waals surface area contributed by atoms with Gasteiger partial charge in [0.1, 0.15) is 12.3 Å². The Balaban J connectivity index is 1.53. The minimum atomic E-state index is -0.0833. The number of carbonyl (C=O) groups excluding carboxylic acids is 2. The highest BCUT2D eigenvalue weighted by Crippen LogP contribution is 2.45. The number of amides is 2. The van der Waals surface area contributed by atoms with Gasteiger partial charge in [-0.05, 0) is 37.1 Å². The molecule has 2 amide bonds. The number of benzene rings is 1. The summed E-state index contributed by atoms with van der Waals surface area (Å²) in [6, 6.07) is 11.8. The number of thioether (sulfide) groups is 1. The highest BCUT2D eigenvalue weighted by molar-refractivity contribution is 7.99. The lowest BCUT2D eigenvalue weighted by atomic mass is 9.95. The van der Waals surface area contributed by atoms with Crippen LogP contribution < -0.4 is 10.2 Å². The first-order valence-corrected chi connectivity index (χ1v) is 10.5. The summed E-state index contributed by atoms with van der Waals surface area (Å²) >= 11 is 1.62. The van der Waals surface area contributed by atoms with Gasteiger partial charge in [0.15, 0.2) is 0 Å². The van der Waals surface area contributed by atoms with E-state index >= 15 is 0 Å². The highest BCUT2D eigenvalue weighted by atomic mass is 32.2. The summed E-state index contributed by atoms with van der Waals surface area (Å²) in [5.41, 5.74) is 0.806. The molecule has 142 valence electrons. The van der Waals surface area contributed by atoms with Gasteiger partial charge in [-0.1, -0.05) is 31.4 Å². The van der Waals surface area contributed by atoms with Crippen molar-refractivity contribution in [1.82, 2.24) is 5.32 Å². The third-order valence-corrected chi connectivity index (χ3v) is 6.50. The number of nitrogens with zero attached hydrogens (tertiary/aromatic N) is 1. The van der Waals surface area contributed by atoms with Crippen LogP contribution in [0.15, 0.2) is 52.0 Å². The second kappa shape index (κ2) is 8.21. The van der Waals surface area contributed by atoms with Crippen LogP contribution in [0.25, 0.3) is 0 Å². The lowest BCUT2D eigenvalue weighted by molar-refractivity contribution is -0.124. The summed E-state index contributed by atoms with van der Waals surface area (Å²) in [7, 11) is 0. The van der Waals surface area contributed by atoms with E-state index in [9.17, 15) is 9.59 Å². The van der Waals surface area contributed by atoms with Gasteiger partial charge in [0.25, 0.3) is 0 Å². The van der Waals surface area contributed by atoms with Crippen LogP contribution in [0.1, 0.15) is 49.5 Å². The van der Waals surface area contributed by atoms with Crippen LogP contribution in [0.2, 0.25) is 0 Å². The van der Waals surface area contributed by atoms with E-state index < -0.39 is 0 Å². The zero-order valence-corrected chi connectivity index (χ0v) is 16.0. The molecule has 1 saturated carbocycles. The fourth-order valence-corrected chi connectivity index (χ4v) is 5.09. The van der Waals surface area contributed by atoms with E-state index in [1.165, 1.54) is 6.42 Å². The molecule has 1 atom stereocenters. The second-order valence-corrected chi connectivity index (χ2v) is 8.42. The molecule has 1 aromatic heterocycles.